The van der Waals surface area contributed by atoms with Gasteiger partial charge in [-0.05, 0) is 50.3 Å². The standard InChI is InChI=1S/C17H23N3O2/c1-11-5-4-6-14(12(11)2)7-8-15(13(3)21)20-17(22)16-9-18-10-19-16/h4-6,9-10,13,15,21H,7-8H2,1-3H3,(H,18,19)(H,20,22)/t13-,15+/m0/s1. The SMILES string of the molecule is Cc1cccc(CC[C@@H](NC(=O)c2cnc[nH]2)[C@H](C)O)c1C. The second-order valence-electron chi connectivity index (χ2n) is 5.68. The van der Waals surface area contributed by atoms with Gasteiger partial charge in [-0.3, -0.25) is 4.79 Å². The molecule has 1 aromatic heterocycles. The van der Waals surface area contributed by atoms with Crippen molar-refractivity contribution in [2.24, 2.45) is 0 Å². The lowest BCUT2D eigenvalue weighted by Crippen LogP contribution is -2.42. The van der Waals surface area contributed by atoms with Crippen LogP contribution in [-0.4, -0.2) is 33.1 Å². The molecule has 0 aliphatic carbocycles. The molecule has 2 aromatic rings. The fourth-order valence-electron chi connectivity index (χ4n) is 2.45. The van der Waals surface area contributed by atoms with E-state index >= 15 is 0 Å². The highest BCUT2D eigenvalue weighted by molar-refractivity contribution is 5.92. The van der Waals surface area contributed by atoms with Gasteiger partial charge < -0.3 is 15.4 Å². The highest BCUT2D eigenvalue weighted by Gasteiger charge is 2.19. The number of carbonyl (C=O) groups is 1. The number of imidazole rings is 1. The number of aromatic amines is 1. The molecule has 0 bridgehead atoms. The summed E-state index contributed by atoms with van der Waals surface area (Å²) in [4.78, 5) is 18.7. The number of aromatic nitrogens is 2. The molecule has 22 heavy (non-hydrogen) atoms. The lowest BCUT2D eigenvalue weighted by atomic mass is 9.96. The van der Waals surface area contributed by atoms with Gasteiger partial charge in [0.1, 0.15) is 5.69 Å². The van der Waals surface area contributed by atoms with Crippen molar-refractivity contribution in [3.63, 3.8) is 0 Å². The Hall–Kier alpha value is -2.14. The number of aliphatic hydroxyl groups excluding tert-OH is 1. The minimum Gasteiger partial charge on any atom is -0.391 e. The van der Waals surface area contributed by atoms with E-state index in [1.54, 1.807) is 6.92 Å². The van der Waals surface area contributed by atoms with Crippen molar-refractivity contribution in [3.05, 3.63) is 53.1 Å². The Kier molecular flexibility index (Phi) is 5.33. The zero-order valence-electron chi connectivity index (χ0n) is 13.3. The van der Waals surface area contributed by atoms with Crippen LogP contribution in [0, 0.1) is 13.8 Å². The van der Waals surface area contributed by atoms with Gasteiger partial charge in [0.2, 0.25) is 0 Å². The summed E-state index contributed by atoms with van der Waals surface area (Å²) < 4.78 is 0. The third-order valence-corrected chi connectivity index (χ3v) is 4.08. The van der Waals surface area contributed by atoms with E-state index in [2.05, 4.69) is 41.3 Å². The number of H-pyrrole nitrogens is 1. The molecular weight excluding hydrogens is 278 g/mol. The first kappa shape index (κ1) is 16.2. The van der Waals surface area contributed by atoms with Crippen LogP contribution in [0.1, 0.15) is 40.5 Å². The van der Waals surface area contributed by atoms with E-state index in [1.165, 1.54) is 29.2 Å². The van der Waals surface area contributed by atoms with Crippen LogP contribution in [-0.2, 0) is 6.42 Å². The van der Waals surface area contributed by atoms with Crippen molar-refractivity contribution >= 4 is 5.91 Å². The van der Waals surface area contributed by atoms with Crippen LogP contribution in [0.5, 0.6) is 0 Å². The topological polar surface area (TPSA) is 78.0 Å². The van der Waals surface area contributed by atoms with Crippen LogP contribution in [0.2, 0.25) is 0 Å². The molecule has 5 heteroatoms. The van der Waals surface area contributed by atoms with Crippen molar-refractivity contribution < 1.29 is 9.90 Å². The Bertz CT molecular complexity index is 621. The maximum absolute atomic E-state index is 12.1. The third kappa shape index (κ3) is 3.95. The van der Waals surface area contributed by atoms with Crippen molar-refractivity contribution in [2.75, 3.05) is 0 Å². The van der Waals surface area contributed by atoms with Crippen molar-refractivity contribution in [2.45, 2.75) is 45.8 Å². The summed E-state index contributed by atoms with van der Waals surface area (Å²) in [7, 11) is 0. The van der Waals surface area contributed by atoms with Crippen LogP contribution in [0.15, 0.2) is 30.7 Å². The molecule has 1 heterocycles. The molecular formula is C17H23N3O2. The summed E-state index contributed by atoms with van der Waals surface area (Å²) >= 11 is 0. The van der Waals surface area contributed by atoms with E-state index in [9.17, 15) is 9.90 Å². The van der Waals surface area contributed by atoms with Gasteiger partial charge in [0.15, 0.2) is 0 Å². The zero-order valence-corrected chi connectivity index (χ0v) is 13.3. The number of hydrogen-bond acceptors (Lipinski definition) is 3. The molecule has 0 aliphatic rings. The Morgan fingerprint density at radius 3 is 2.82 bits per heavy atom. The number of benzene rings is 1. The minimum atomic E-state index is -0.614. The molecule has 1 aromatic carbocycles. The molecule has 5 nitrogen and oxygen atoms in total. The molecule has 0 unspecified atom stereocenters. The molecule has 118 valence electrons. The van der Waals surface area contributed by atoms with Gasteiger partial charge in [0.25, 0.3) is 5.91 Å². The molecule has 0 fully saturated rings. The van der Waals surface area contributed by atoms with Crippen LogP contribution >= 0.6 is 0 Å². The molecule has 0 saturated heterocycles. The van der Waals surface area contributed by atoms with Crippen LogP contribution < -0.4 is 5.32 Å². The van der Waals surface area contributed by atoms with Gasteiger partial charge in [0.05, 0.1) is 24.7 Å². The normalized spacial score (nSPS) is 13.6. The summed E-state index contributed by atoms with van der Waals surface area (Å²) in [5.74, 6) is -0.246. The Labute approximate surface area is 130 Å². The number of aliphatic hydroxyl groups is 1. The number of amides is 1. The van der Waals surface area contributed by atoms with E-state index in [-0.39, 0.29) is 11.9 Å². The van der Waals surface area contributed by atoms with Crippen molar-refractivity contribution in [1.29, 1.82) is 0 Å². The number of aryl methyl sites for hydroxylation is 2. The van der Waals surface area contributed by atoms with Gasteiger partial charge in [-0.25, -0.2) is 4.98 Å². The smallest absolute Gasteiger partial charge is 0.269 e. The molecule has 3 N–H and O–H groups in total. The van der Waals surface area contributed by atoms with E-state index in [1.807, 2.05) is 6.07 Å². The lowest BCUT2D eigenvalue weighted by Gasteiger charge is -2.21. The molecule has 2 rings (SSSR count). The molecule has 0 aliphatic heterocycles. The van der Waals surface area contributed by atoms with Gasteiger partial charge in [-0.2, -0.15) is 0 Å². The van der Waals surface area contributed by atoms with Crippen LogP contribution in [0.3, 0.4) is 0 Å². The zero-order chi connectivity index (χ0) is 16.1. The Balaban J connectivity index is 2.00. The Morgan fingerprint density at radius 2 is 2.18 bits per heavy atom. The van der Waals surface area contributed by atoms with E-state index in [4.69, 9.17) is 0 Å². The maximum atomic E-state index is 12.1. The third-order valence-electron chi connectivity index (χ3n) is 4.08. The van der Waals surface area contributed by atoms with Crippen LogP contribution in [0.25, 0.3) is 0 Å². The summed E-state index contributed by atoms with van der Waals surface area (Å²) in [6, 6.07) is 5.93. The number of hydrogen-bond donors (Lipinski definition) is 3. The van der Waals surface area contributed by atoms with Gasteiger partial charge >= 0.3 is 0 Å². The monoisotopic (exact) mass is 301 g/mol. The first-order valence-electron chi connectivity index (χ1n) is 7.51. The van der Waals surface area contributed by atoms with E-state index in [0.717, 1.165) is 6.42 Å². The maximum Gasteiger partial charge on any atom is 0.269 e. The highest BCUT2D eigenvalue weighted by atomic mass is 16.3. The molecule has 2 atom stereocenters. The van der Waals surface area contributed by atoms with Gasteiger partial charge in [0, 0.05) is 0 Å². The van der Waals surface area contributed by atoms with Crippen LogP contribution in [0.4, 0.5) is 0 Å². The fraction of sp³-hybridized carbons (Fsp3) is 0.412. The average molecular weight is 301 g/mol. The number of rotatable bonds is 6. The summed E-state index contributed by atoms with van der Waals surface area (Å²) in [5, 5.41) is 12.8. The summed E-state index contributed by atoms with van der Waals surface area (Å²) in [5.41, 5.74) is 4.18. The van der Waals surface area contributed by atoms with Gasteiger partial charge in [-0.1, -0.05) is 18.2 Å². The molecule has 1 amide bonds. The fourth-order valence-corrected chi connectivity index (χ4v) is 2.45. The molecule has 0 radical (unpaired) electrons. The number of carbonyl (C=O) groups excluding carboxylic acids is 1. The predicted octanol–water partition coefficient (Wildman–Crippen LogP) is 2.14. The van der Waals surface area contributed by atoms with E-state index in [0.29, 0.717) is 12.1 Å². The lowest BCUT2D eigenvalue weighted by molar-refractivity contribution is 0.0846. The van der Waals surface area contributed by atoms with Crippen molar-refractivity contribution in [1.82, 2.24) is 15.3 Å². The minimum absolute atomic E-state index is 0.246. The largest absolute Gasteiger partial charge is 0.391 e. The summed E-state index contributed by atoms with van der Waals surface area (Å²) in [6.07, 6.45) is 3.81. The predicted molar refractivity (Wildman–Crippen MR) is 85.8 cm³/mol. The molecule has 0 saturated carbocycles. The Morgan fingerprint density at radius 1 is 1.41 bits per heavy atom. The second kappa shape index (κ2) is 7.22. The quantitative estimate of drug-likeness (QED) is 0.765. The van der Waals surface area contributed by atoms with Gasteiger partial charge in [-0.15, -0.1) is 0 Å². The number of nitrogens with one attached hydrogen (secondary N) is 2. The average Bonchev–Trinajstić information content (AvgIpc) is 3.01. The second-order valence-corrected chi connectivity index (χ2v) is 5.68. The first-order chi connectivity index (χ1) is 10.5. The highest BCUT2D eigenvalue weighted by Crippen LogP contribution is 2.16. The number of nitrogens with zero attached hydrogens (tertiary/aromatic N) is 1. The van der Waals surface area contributed by atoms with Crippen molar-refractivity contribution in [3.8, 4) is 0 Å². The summed E-state index contributed by atoms with van der Waals surface area (Å²) in [6.45, 7) is 5.89. The first-order valence-corrected chi connectivity index (χ1v) is 7.51. The van der Waals surface area contributed by atoms with E-state index < -0.39 is 6.10 Å². The molecule has 0 spiro atoms.